The fourth-order valence-electron chi connectivity index (χ4n) is 3.67. The van der Waals surface area contributed by atoms with Crippen molar-refractivity contribution in [3.05, 3.63) is 96.8 Å². The largest absolute Gasteiger partial charge is 0.233 e. The lowest BCUT2D eigenvalue weighted by molar-refractivity contribution is 1.10. The lowest BCUT2D eigenvalue weighted by Crippen LogP contribution is -1.95. The van der Waals surface area contributed by atoms with Crippen molar-refractivity contribution in [1.82, 2.24) is 9.97 Å². The van der Waals surface area contributed by atoms with E-state index in [-0.39, 0.29) is 0 Å². The van der Waals surface area contributed by atoms with Crippen LogP contribution in [0.5, 0.6) is 0 Å². The minimum absolute atomic E-state index is 0.791. The molecule has 27 heavy (non-hydrogen) atoms. The predicted octanol–water partition coefficient (Wildman–Crippen LogP) is 6.43. The highest BCUT2D eigenvalue weighted by molar-refractivity contribution is 6.09. The summed E-state index contributed by atoms with van der Waals surface area (Å²) in [5.74, 6) is 0.791. The number of aromatic nitrogens is 2. The van der Waals surface area contributed by atoms with Crippen molar-refractivity contribution in [2.24, 2.45) is 0 Å². The molecule has 128 valence electrons. The minimum Gasteiger partial charge on any atom is -0.233 e. The second-order valence-electron chi connectivity index (χ2n) is 6.75. The van der Waals surface area contributed by atoms with E-state index in [1.807, 2.05) is 13.0 Å². The van der Waals surface area contributed by atoms with Crippen molar-refractivity contribution < 1.29 is 0 Å². The van der Waals surface area contributed by atoms with Gasteiger partial charge in [0, 0.05) is 16.3 Å². The van der Waals surface area contributed by atoms with Crippen molar-refractivity contribution in [2.45, 2.75) is 6.92 Å². The number of aryl methyl sites for hydroxylation is 1. The fourth-order valence-corrected chi connectivity index (χ4v) is 3.67. The topological polar surface area (TPSA) is 25.8 Å². The third-order valence-corrected chi connectivity index (χ3v) is 4.95. The Balaban J connectivity index is 1.77. The Kier molecular flexibility index (Phi) is 3.68. The van der Waals surface area contributed by atoms with Crippen LogP contribution >= 0.6 is 0 Å². The Bertz CT molecular complexity index is 1270. The van der Waals surface area contributed by atoms with E-state index in [9.17, 15) is 0 Å². The van der Waals surface area contributed by atoms with Gasteiger partial charge < -0.3 is 0 Å². The summed E-state index contributed by atoms with van der Waals surface area (Å²) in [5, 5.41) is 3.46. The van der Waals surface area contributed by atoms with E-state index in [0.717, 1.165) is 28.0 Å². The summed E-state index contributed by atoms with van der Waals surface area (Å²) >= 11 is 0. The SMILES string of the molecule is Cc1nc(-c2cccc(-c3ccccc3)c2)c2ccc3ccccc3c2n1. The molecule has 0 unspecified atom stereocenters. The summed E-state index contributed by atoms with van der Waals surface area (Å²) in [6.45, 7) is 1.96. The third kappa shape index (κ3) is 2.76. The predicted molar refractivity (Wildman–Crippen MR) is 113 cm³/mol. The average Bonchev–Trinajstić information content (AvgIpc) is 2.74. The van der Waals surface area contributed by atoms with Gasteiger partial charge in [0.25, 0.3) is 0 Å². The molecule has 2 heteroatoms. The highest BCUT2D eigenvalue weighted by Gasteiger charge is 2.11. The summed E-state index contributed by atoms with van der Waals surface area (Å²) in [7, 11) is 0. The number of benzene rings is 4. The smallest absolute Gasteiger partial charge is 0.126 e. The molecule has 0 fully saturated rings. The van der Waals surface area contributed by atoms with Crippen LogP contribution in [0.15, 0.2) is 91.0 Å². The zero-order valence-electron chi connectivity index (χ0n) is 15.1. The van der Waals surface area contributed by atoms with Gasteiger partial charge in [-0.2, -0.15) is 0 Å². The Morgan fingerprint density at radius 2 is 1.30 bits per heavy atom. The van der Waals surface area contributed by atoms with Crippen molar-refractivity contribution >= 4 is 21.7 Å². The van der Waals surface area contributed by atoms with Gasteiger partial charge in [0.1, 0.15) is 5.82 Å². The summed E-state index contributed by atoms with van der Waals surface area (Å²) in [6.07, 6.45) is 0. The van der Waals surface area contributed by atoms with Crippen LogP contribution < -0.4 is 0 Å². The van der Waals surface area contributed by atoms with Gasteiger partial charge >= 0.3 is 0 Å². The van der Waals surface area contributed by atoms with E-state index >= 15 is 0 Å². The standard InChI is InChI=1S/C25H18N2/c1-17-26-24(21-12-7-11-20(16-21)18-8-3-2-4-9-18)23-15-14-19-10-5-6-13-22(19)25(23)27-17/h2-16H,1H3. The van der Waals surface area contributed by atoms with Crippen LogP contribution in [-0.2, 0) is 0 Å². The Labute approximate surface area is 158 Å². The third-order valence-electron chi connectivity index (χ3n) is 4.95. The molecule has 0 radical (unpaired) electrons. The second-order valence-corrected chi connectivity index (χ2v) is 6.75. The summed E-state index contributed by atoms with van der Waals surface area (Å²) < 4.78 is 0. The number of hydrogen-bond acceptors (Lipinski definition) is 2. The van der Waals surface area contributed by atoms with Gasteiger partial charge in [0.15, 0.2) is 0 Å². The number of rotatable bonds is 2. The van der Waals surface area contributed by atoms with Gasteiger partial charge in [-0.15, -0.1) is 0 Å². The van der Waals surface area contributed by atoms with Crippen molar-refractivity contribution in [3.8, 4) is 22.4 Å². The Hall–Kier alpha value is -3.52. The van der Waals surface area contributed by atoms with Gasteiger partial charge in [-0.1, -0.05) is 78.9 Å². The molecule has 0 saturated heterocycles. The molecule has 0 aliphatic rings. The molecule has 0 N–H and O–H groups in total. The van der Waals surface area contributed by atoms with Gasteiger partial charge in [-0.3, -0.25) is 0 Å². The molecule has 4 aromatic carbocycles. The van der Waals surface area contributed by atoms with E-state index in [1.165, 1.54) is 21.9 Å². The summed E-state index contributed by atoms with van der Waals surface area (Å²) in [5.41, 5.74) is 5.52. The van der Waals surface area contributed by atoms with Crippen molar-refractivity contribution in [2.75, 3.05) is 0 Å². The molecule has 1 heterocycles. The van der Waals surface area contributed by atoms with Crippen molar-refractivity contribution in [1.29, 1.82) is 0 Å². The molecule has 0 spiro atoms. The normalized spacial score (nSPS) is 11.1. The molecule has 0 bridgehead atoms. The first-order valence-corrected chi connectivity index (χ1v) is 9.11. The van der Waals surface area contributed by atoms with Gasteiger partial charge in [-0.05, 0) is 35.6 Å². The van der Waals surface area contributed by atoms with Gasteiger partial charge in [0.05, 0.1) is 11.2 Å². The molecule has 0 saturated carbocycles. The first-order chi connectivity index (χ1) is 13.3. The molecule has 0 aliphatic carbocycles. The van der Waals surface area contributed by atoms with Crippen LogP contribution in [0.25, 0.3) is 44.1 Å². The maximum Gasteiger partial charge on any atom is 0.126 e. The first-order valence-electron chi connectivity index (χ1n) is 9.11. The fraction of sp³-hybridized carbons (Fsp3) is 0.0400. The monoisotopic (exact) mass is 346 g/mol. The zero-order valence-corrected chi connectivity index (χ0v) is 15.1. The van der Waals surface area contributed by atoms with E-state index in [1.54, 1.807) is 0 Å². The molecule has 5 rings (SSSR count). The lowest BCUT2D eigenvalue weighted by atomic mass is 9.98. The van der Waals surface area contributed by atoms with Crippen LogP contribution in [0.1, 0.15) is 5.82 Å². The minimum atomic E-state index is 0.791. The molecule has 0 aliphatic heterocycles. The molecule has 2 nitrogen and oxygen atoms in total. The average molecular weight is 346 g/mol. The van der Waals surface area contributed by atoms with Crippen LogP contribution in [0, 0.1) is 6.92 Å². The van der Waals surface area contributed by atoms with Crippen LogP contribution in [0.4, 0.5) is 0 Å². The maximum absolute atomic E-state index is 4.80. The highest BCUT2D eigenvalue weighted by atomic mass is 14.9. The quantitative estimate of drug-likeness (QED) is 0.344. The van der Waals surface area contributed by atoms with E-state index < -0.39 is 0 Å². The van der Waals surface area contributed by atoms with Gasteiger partial charge in [-0.25, -0.2) is 9.97 Å². The Morgan fingerprint density at radius 3 is 2.19 bits per heavy atom. The number of nitrogens with zero attached hydrogens (tertiary/aromatic N) is 2. The van der Waals surface area contributed by atoms with E-state index in [2.05, 4.69) is 84.9 Å². The molecular weight excluding hydrogens is 328 g/mol. The summed E-state index contributed by atoms with van der Waals surface area (Å²) in [4.78, 5) is 9.56. The highest BCUT2D eigenvalue weighted by Crippen LogP contribution is 2.32. The number of hydrogen-bond donors (Lipinski definition) is 0. The van der Waals surface area contributed by atoms with Crippen LogP contribution in [-0.4, -0.2) is 9.97 Å². The molecular formula is C25H18N2. The van der Waals surface area contributed by atoms with E-state index in [0.29, 0.717) is 0 Å². The van der Waals surface area contributed by atoms with Crippen LogP contribution in [0.2, 0.25) is 0 Å². The van der Waals surface area contributed by atoms with Crippen LogP contribution in [0.3, 0.4) is 0 Å². The maximum atomic E-state index is 4.80. The van der Waals surface area contributed by atoms with E-state index in [4.69, 9.17) is 9.97 Å². The molecule has 1 aromatic heterocycles. The van der Waals surface area contributed by atoms with Crippen molar-refractivity contribution in [3.63, 3.8) is 0 Å². The number of fused-ring (bicyclic) bond motifs is 3. The molecule has 0 atom stereocenters. The summed E-state index contributed by atoms with van der Waals surface area (Å²) in [6, 6.07) is 31.7. The second kappa shape index (κ2) is 6.33. The molecule has 0 amide bonds. The lowest BCUT2D eigenvalue weighted by Gasteiger charge is -2.11. The van der Waals surface area contributed by atoms with Gasteiger partial charge in [0.2, 0.25) is 0 Å². The Morgan fingerprint density at radius 1 is 0.556 bits per heavy atom. The zero-order chi connectivity index (χ0) is 18.2. The first kappa shape index (κ1) is 15.7. The molecule has 5 aromatic rings.